The van der Waals surface area contributed by atoms with E-state index in [4.69, 9.17) is 20.2 Å². The molecule has 0 N–H and O–H groups in total. The van der Waals surface area contributed by atoms with Crippen LogP contribution in [0.5, 0.6) is 0 Å². The first kappa shape index (κ1) is 17.4. The Kier molecular flexibility index (Phi) is 6.44. The fraction of sp³-hybridized carbons (Fsp3) is 0.417. The second-order valence-electron chi connectivity index (χ2n) is 3.96. The summed E-state index contributed by atoms with van der Waals surface area (Å²) in [4.78, 5) is 11.7. The maximum atomic E-state index is 11.9. The summed E-state index contributed by atoms with van der Waals surface area (Å²) < 4.78 is 33.3. The first-order valence-corrected chi connectivity index (χ1v) is 8.89. The predicted molar refractivity (Wildman–Crippen MR) is 78.6 cm³/mol. The Bertz CT molecular complexity index is 588. The van der Waals surface area contributed by atoms with E-state index in [0.29, 0.717) is 6.61 Å². The maximum Gasteiger partial charge on any atom is 0.338 e. The lowest BCUT2D eigenvalue weighted by molar-refractivity contribution is 0.00437. The van der Waals surface area contributed by atoms with Crippen molar-refractivity contribution >= 4 is 41.6 Å². The van der Waals surface area contributed by atoms with E-state index in [1.165, 1.54) is 18.2 Å². The van der Waals surface area contributed by atoms with Crippen molar-refractivity contribution in [1.82, 2.24) is 0 Å². The lowest BCUT2D eigenvalue weighted by atomic mass is 10.2. The molecule has 0 radical (unpaired) electrons. The van der Waals surface area contributed by atoms with E-state index in [-0.39, 0.29) is 21.5 Å². The third-order valence-corrected chi connectivity index (χ3v) is 4.61. The number of carbonyl (C=O) groups is 1. The zero-order chi connectivity index (χ0) is 15.3. The van der Waals surface area contributed by atoms with Gasteiger partial charge in [0.05, 0.1) is 17.1 Å². The summed E-state index contributed by atoms with van der Waals surface area (Å²) in [5.41, 5.74) is 0.107. The SMILES string of the molecule is CCOCC(C)OC(=O)c1ccc(Br)c(S(=O)(=O)Cl)c1. The number of hydrogen-bond acceptors (Lipinski definition) is 5. The zero-order valence-electron chi connectivity index (χ0n) is 10.9. The minimum atomic E-state index is -3.94. The predicted octanol–water partition coefficient (Wildman–Crippen LogP) is 2.96. The van der Waals surface area contributed by atoms with Gasteiger partial charge >= 0.3 is 5.97 Å². The van der Waals surface area contributed by atoms with Gasteiger partial charge in [0.1, 0.15) is 6.10 Å². The van der Waals surface area contributed by atoms with E-state index in [2.05, 4.69) is 15.9 Å². The van der Waals surface area contributed by atoms with E-state index < -0.39 is 21.1 Å². The second-order valence-corrected chi connectivity index (χ2v) is 7.35. The quantitative estimate of drug-likeness (QED) is 0.556. The molecule has 0 spiro atoms. The molecular weight excluding hydrogens is 372 g/mol. The van der Waals surface area contributed by atoms with Gasteiger partial charge in [-0.15, -0.1) is 0 Å². The van der Waals surface area contributed by atoms with Gasteiger partial charge in [-0.25, -0.2) is 13.2 Å². The smallest absolute Gasteiger partial charge is 0.338 e. The van der Waals surface area contributed by atoms with Gasteiger partial charge < -0.3 is 9.47 Å². The highest BCUT2D eigenvalue weighted by Gasteiger charge is 2.19. The molecule has 0 aliphatic carbocycles. The van der Waals surface area contributed by atoms with Crippen molar-refractivity contribution in [2.45, 2.75) is 24.8 Å². The van der Waals surface area contributed by atoms with Gasteiger partial charge in [0, 0.05) is 21.8 Å². The number of hydrogen-bond donors (Lipinski definition) is 0. The minimum Gasteiger partial charge on any atom is -0.457 e. The summed E-state index contributed by atoms with van der Waals surface area (Å²) in [5.74, 6) is -0.633. The van der Waals surface area contributed by atoms with Crippen LogP contribution >= 0.6 is 26.6 Å². The summed E-state index contributed by atoms with van der Waals surface area (Å²) in [7, 11) is 1.35. The van der Waals surface area contributed by atoms with Gasteiger partial charge in [-0.05, 0) is 48.0 Å². The van der Waals surface area contributed by atoms with Crippen molar-refractivity contribution in [2.75, 3.05) is 13.2 Å². The first-order valence-electron chi connectivity index (χ1n) is 5.78. The molecule has 0 saturated carbocycles. The third kappa shape index (κ3) is 5.05. The molecule has 1 aromatic rings. The monoisotopic (exact) mass is 384 g/mol. The van der Waals surface area contributed by atoms with Crippen LogP contribution in [0.15, 0.2) is 27.6 Å². The van der Waals surface area contributed by atoms with E-state index in [9.17, 15) is 13.2 Å². The Morgan fingerprint density at radius 1 is 1.45 bits per heavy atom. The first-order chi connectivity index (χ1) is 9.25. The normalized spacial score (nSPS) is 13.0. The molecule has 0 amide bonds. The van der Waals surface area contributed by atoms with Crippen molar-refractivity contribution in [3.05, 3.63) is 28.2 Å². The molecule has 0 aliphatic rings. The number of carbonyl (C=O) groups excluding carboxylic acids is 1. The minimum absolute atomic E-state index is 0.107. The number of ether oxygens (including phenoxy) is 2. The summed E-state index contributed by atoms with van der Waals surface area (Å²) in [6, 6.07) is 4.05. The van der Waals surface area contributed by atoms with Crippen LogP contribution in [0.1, 0.15) is 24.2 Å². The Morgan fingerprint density at radius 2 is 2.10 bits per heavy atom. The van der Waals surface area contributed by atoms with Gasteiger partial charge in [0.25, 0.3) is 9.05 Å². The summed E-state index contributed by atoms with van der Waals surface area (Å²) in [6.45, 7) is 4.32. The van der Waals surface area contributed by atoms with Gasteiger partial charge in [-0.1, -0.05) is 0 Å². The van der Waals surface area contributed by atoms with E-state index in [0.717, 1.165) is 0 Å². The lowest BCUT2D eigenvalue weighted by Crippen LogP contribution is -2.20. The Morgan fingerprint density at radius 3 is 2.65 bits per heavy atom. The Hall–Kier alpha value is -0.630. The standard InChI is InChI=1S/C12H14BrClO5S/c1-3-18-7-8(2)19-12(15)9-4-5-10(13)11(6-9)20(14,16)17/h4-6,8H,3,7H2,1-2H3. The van der Waals surface area contributed by atoms with Gasteiger partial charge in [-0.3, -0.25) is 0 Å². The molecule has 0 aliphatic heterocycles. The highest BCUT2D eigenvalue weighted by molar-refractivity contribution is 9.10. The maximum absolute atomic E-state index is 11.9. The van der Waals surface area contributed by atoms with E-state index in [1.807, 2.05) is 6.92 Å². The average molecular weight is 386 g/mol. The molecule has 20 heavy (non-hydrogen) atoms. The third-order valence-electron chi connectivity index (χ3n) is 2.29. The lowest BCUT2D eigenvalue weighted by Gasteiger charge is -2.13. The molecule has 0 bridgehead atoms. The summed E-state index contributed by atoms with van der Waals surface area (Å²) in [6.07, 6.45) is -0.429. The molecule has 5 nitrogen and oxygen atoms in total. The summed E-state index contributed by atoms with van der Waals surface area (Å²) in [5, 5.41) is 0. The highest BCUT2D eigenvalue weighted by atomic mass is 79.9. The van der Waals surface area contributed by atoms with Crippen LogP contribution in [-0.2, 0) is 18.5 Å². The number of rotatable bonds is 6. The van der Waals surface area contributed by atoms with Crippen molar-refractivity contribution < 1.29 is 22.7 Å². The van der Waals surface area contributed by atoms with Gasteiger partial charge in [0.15, 0.2) is 0 Å². The molecule has 8 heteroatoms. The zero-order valence-corrected chi connectivity index (χ0v) is 14.1. The summed E-state index contributed by atoms with van der Waals surface area (Å²) >= 11 is 3.06. The van der Waals surface area contributed by atoms with Gasteiger partial charge in [0.2, 0.25) is 0 Å². The molecule has 0 fully saturated rings. The fourth-order valence-electron chi connectivity index (χ4n) is 1.39. The van der Waals surface area contributed by atoms with Crippen LogP contribution in [0.3, 0.4) is 0 Å². The molecular formula is C12H14BrClO5S. The molecule has 0 saturated heterocycles. The van der Waals surface area contributed by atoms with Crippen molar-refractivity contribution in [2.24, 2.45) is 0 Å². The number of benzene rings is 1. The topological polar surface area (TPSA) is 69.7 Å². The molecule has 1 rings (SSSR count). The number of halogens is 2. The largest absolute Gasteiger partial charge is 0.457 e. The molecule has 112 valence electrons. The second kappa shape index (κ2) is 7.40. The van der Waals surface area contributed by atoms with Crippen LogP contribution < -0.4 is 0 Å². The molecule has 1 unspecified atom stereocenters. The van der Waals surface area contributed by atoms with Crippen molar-refractivity contribution in [3.8, 4) is 0 Å². The molecule has 0 aromatic heterocycles. The van der Waals surface area contributed by atoms with Crippen LogP contribution in [0.4, 0.5) is 0 Å². The van der Waals surface area contributed by atoms with E-state index in [1.54, 1.807) is 6.92 Å². The number of esters is 1. The Labute approximate surface area is 130 Å². The van der Waals surface area contributed by atoms with Crippen LogP contribution in [-0.4, -0.2) is 33.7 Å². The Balaban J connectivity index is 2.90. The highest BCUT2D eigenvalue weighted by Crippen LogP contribution is 2.26. The van der Waals surface area contributed by atoms with Crippen molar-refractivity contribution in [1.29, 1.82) is 0 Å². The van der Waals surface area contributed by atoms with Crippen LogP contribution in [0.25, 0.3) is 0 Å². The van der Waals surface area contributed by atoms with Gasteiger partial charge in [-0.2, -0.15) is 0 Å². The van der Waals surface area contributed by atoms with Crippen molar-refractivity contribution in [3.63, 3.8) is 0 Å². The molecule has 1 aromatic carbocycles. The van der Waals surface area contributed by atoms with Crippen LogP contribution in [0, 0.1) is 0 Å². The fourth-order valence-corrected chi connectivity index (χ4v) is 3.50. The molecule has 0 heterocycles. The van der Waals surface area contributed by atoms with Crippen LogP contribution in [0.2, 0.25) is 0 Å². The average Bonchev–Trinajstić information content (AvgIpc) is 2.35. The molecule has 1 atom stereocenters. The van der Waals surface area contributed by atoms with E-state index >= 15 is 0 Å².